The predicted molar refractivity (Wildman–Crippen MR) is 185 cm³/mol. The molecule has 3 aromatic rings. The van der Waals surface area contributed by atoms with E-state index in [-0.39, 0.29) is 17.3 Å². The van der Waals surface area contributed by atoms with Gasteiger partial charge in [0, 0.05) is 17.5 Å². The lowest BCUT2D eigenvalue weighted by Crippen LogP contribution is -2.23. The highest BCUT2D eigenvalue weighted by molar-refractivity contribution is 6.20. The van der Waals surface area contributed by atoms with Crippen LogP contribution in [0.15, 0.2) is 60.9 Å². The van der Waals surface area contributed by atoms with Gasteiger partial charge in [-0.15, -0.1) is 11.6 Å². The van der Waals surface area contributed by atoms with Gasteiger partial charge in [-0.05, 0) is 49.4 Å². The van der Waals surface area contributed by atoms with Crippen LogP contribution < -0.4 is 9.47 Å². The fourth-order valence-corrected chi connectivity index (χ4v) is 5.25. The molecule has 2 atom stereocenters. The summed E-state index contributed by atoms with van der Waals surface area (Å²) in [6.07, 6.45) is 19.1. The summed E-state index contributed by atoms with van der Waals surface area (Å²) in [5.74, 6) is 1.22. The molecular weight excluding hydrogens is 584 g/mol. The number of alkyl halides is 1. The largest absolute Gasteiger partial charge is 0.490 e. The Balaban J connectivity index is 1.37. The number of unbranched alkanes of at least 4 members (excludes halogenated alkanes) is 9. The first-order chi connectivity index (χ1) is 22.0. The van der Waals surface area contributed by atoms with Crippen molar-refractivity contribution in [2.24, 2.45) is 5.92 Å². The number of benzene rings is 2. The van der Waals surface area contributed by atoms with E-state index in [9.17, 15) is 4.79 Å². The molecule has 0 aliphatic heterocycles. The minimum Gasteiger partial charge on any atom is -0.490 e. The van der Waals surface area contributed by atoms with E-state index in [0.29, 0.717) is 37.1 Å². The molecule has 246 valence electrons. The summed E-state index contributed by atoms with van der Waals surface area (Å²) in [6.45, 7) is 7.83. The van der Waals surface area contributed by atoms with Gasteiger partial charge in [0.2, 0.25) is 0 Å². The monoisotopic (exact) mass is 636 g/mol. The summed E-state index contributed by atoms with van der Waals surface area (Å²) in [5, 5.41) is 0.127. The highest BCUT2D eigenvalue weighted by atomic mass is 35.5. The van der Waals surface area contributed by atoms with Crippen LogP contribution in [-0.4, -0.2) is 41.1 Å². The van der Waals surface area contributed by atoms with Crippen LogP contribution in [0.5, 0.6) is 11.5 Å². The molecule has 0 aliphatic rings. The van der Waals surface area contributed by atoms with E-state index in [1.807, 2.05) is 55.5 Å². The number of hydrogen-bond donors (Lipinski definition) is 0. The van der Waals surface area contributed by atoms with Gasteiger partial charge < -0.3 is 14.2 Å². The van der Waals surface area contributed by atoms with Crippen molar-refractivity contribution in [3.8, 4) is 34.0 Å². The van der Waals surface area contributed by atoms with E-state index >= 15 is 0 Å². The number of ether oxygens (including phenoxy) is 3. The molecular formula is C38H53ClN2O4. The molecule has 0 bridgehead atoms. The van der Waals surface area contributed by atoms with Crippen molar-refractivity contribution in [1.29, 1.82) is 0 Å². The average molecular weight is 637 g/mol. The fraction of sp³-hybridized carbons (Fsp3) is 0.553. The van der Waals surface area contributed by atoms with Gasteiger partial charge in [-0.1, -0.05) is 114 Å². The minimum atomic E-state index is -0.358. The highest BCUT2D eigenvalue weighted by Crippen LogP contribution is 2.26. The van der Waals surface area contributed by atoms with Crippen molar-refractivity contribution in [2.75, 3.05) is 19.8 Å². The number of esters is 1. The number of halogens is 1. The molecule has 2 aromatic carbocycles. The third-order valence-corrected chi connectivity index (χ3v) is 8.35. The molecule has 0 spiro atoms. The Hall–Kier alpha value is -2.96. The summed E-state index contributed by atoms with van der Waals surface area (Å²) < 4.78 is 17.1. The zero-order chi connectivity index (χ0) is 32.1. The fourth-order valence-electron chi connectivity index (χ4n) is 5.01. The molecule has 0 saturated heterocycles. The molecule has 45 heavy (non-hydrogen) atoms. The van der Waals surface area contributed by atoms with Crippen LogP contribution in [-0.2, 0) is 9.53 Å². The summed E-state index contributed by atoms with van der Waals surface area (Å²) in [4.78, 5) is 21.6. The van der Waals surface area contributed by atoms with E-state index in [0.717, 1.165) is 42.4 Å². The Labute approximate surface area is 276 Å². The van der Waals surface area contributed by atoms with Crippen molar-refractivity contribution in [3.63, 3.8) is 0 Å². The Morgan fingerprint density at radius 2 is 1.24 bits per heavy atom. The van der Waals surface area contributed by atoms with Gasteiger partial charge in [0.1, 0.15) is 5.75 Å². The maximum absolute atomic E-state index is 12.5. The Morgan fingerprint density at radius 1 is 0.689 bits per heavy atom. The van der Waals surface area contributed by atoms with E-state index in [4.69, 9.17) is 25.8 Å². The van der Waals surface area contributed by atoms with Crippen molar-refractivity contribution in [2.45, 2.75) is 110 Å². The van der Waals surface area contributed by atoms with Crippen molar-refractivity contribution in [3.05, 3.63) is 60.9 Å². The number of hydrogen-bond acceptors (Lipinski definition) is 6. The lowest BCUT2D eigenvalue weighted by molar-refractivity contribution is -0.140. The van der Waals surface area contributed by atoms with E-state index in [1.165, 1.54) is 57.8 Å². The Morgan fingerprint density at radius 3 is 1.89 bits per heavy atom. The lowest BCUT2D eigenvalue weighted by atomic mass is 10.0. The van der Waals surface area contributed by atoms with Gasteiger partial charge in [-0.25, -0.2) is 9.97 Å². The molecule has 0 saturated carbocycles. The second-order valence-corrected chi connectivity index (χ2v) is 12.6. The molecule has 6 nitrogen and oxygen atoms in total. The second-order valence-electron chi connectivity index (χ2n) is 11.9. The molecule has 1 aromatic heterocycles. The smallest absolute Gasteiger partial charge is 0.316 e. The highest BCUT2D eigenvalue weighted by Gasteiger charge is 2.16. The summed E-state index contributed by atoms with van der Waals surface area (Å²) in [5.41, 5.74) is 3.02. The molecule has 0 N–H and O–H groups in total. The first-order valence-electron chi connectivity index (χ1n) is 17.1. The van der Waals surface area contributed by atoms with Crippen LogP contribution in [0.3, 0.4) is 0 Å². The molecule has 0 fully saturated rings. The van der Waals surface area contributed by atoms with Crippen molar-refractivity contribution >= 4 is 17.6 Å². The van der Waals surface area contributed by atoms with Crippen molar-refractivity contribution < 1.29 is 19.0 Å². The van der Waals surface area contributed by atoms with Crippen LogP contribution in [0.1, 0.15) is 104 Å². The SMILES string of the molecule is CCCCCCCCCCOc1cnc(-c2ccc(-c3ccc(OC(=O)[C@H](C)COCCC(Cl)CCCCC)cc3)cc2)nc1. The first kappa shape index (κ1) is 36.5. The predicted octanol–water partition coefficient (Wildman–Crippen LogP) is 10.5. The summed E-state index contributed by atoms with van der Waals surface area (Å²) >= 11 is 6.35. The normalized spacial score (nSPS) is 12.5. The maximum atomic E-state index is 12.5. The third-order valence-electron chi connectivity index (χ3n) is 7.91. The van der Waals surface area contributed by atoms with Gasteiger partial charge >= 0.3 is 5.97 Å². The third kappa shape index (κ3) is 14.3. The zero-order valence-electron chi connectivity index (χ0n) is 27.6. The van der Waals surface area contributed by atoms with Gasteiger partial charge in [-0.2, -0.15) is 0 Å². The van der Waals surface area contributed by atoms with E-state index in [1.54, 1.807) is 12.4 Å². The van der Waals surface area contributed by atoms with Gasteiger partial charge in [-0.3, -0.25) is 4.79 Å². The molecule has 0 aliphatic carbocycles. The molecule has 0 amide bonds. The number of carbonyl (C=O) groups excluding carboxylic acids is 1. The van der Waals surface area contributed by atoms with Gasteiger partial charge in [0.05, 0.1) is 31.5 Å². The van der Waals surface area contributed by atoms with E-state index < -0.39 is 0 Å². The first-order valence-corrected chi connectivity index (χ1v) is 17.5. The molecule has 1 unspecified atom stereocenters. The Bertz CT molecular complexity index is 1200. The number of nitrogens with zero attached hydrogens (tertiary/aromatic N) is 2. The van der Waals surface area contributed by atoms with E-state index in [2.05, 4.69) is 23.8 Å². The standard InChI is InChI=1S/C38H53ClN2O4/c1-4-6-8-9-10-11-12-14-25-44-36-27-40-37(41-28-36)33-18-16-31(17-19-33)32-20-22-35(23-21-32)45-38(42)30(3)29-43-26-24-34(39)15-13-7-5-2/h16-23,27-28,30,34H,4-15,24-26,29H2,1-3H3/t30-,34?/m1/s1. The topological polar surface area (TPSA) is 70.5 Å². The van der Waals surface area contributed by atoms with Gasteiger partial charge in [0.25, 0.3) is 0 Å². The quantitative estimate of drug-likeness (QED) is 0.0446. The Kier molecular flexibility index (Phi) is 17.6. The molecule has 7 heteroatoms. The average Bonchev–Trinajstić information content (AvgIpc) is 3.06. The van der Waals surface area contributed by atoms with Crippen LogP contribution in [0, 0.1) is 5.92 Å². The lowest BCUT2D eigenvalue weighted by Gasteiger charge is -2.13. The van der Waals surface area contributed by atoms with Crippen LogP contribution in [0.4, 0.5) is 0 Å². The summed E-state index contributed by atoms with van der Waals surface area (Å²) in [7, 11) is 0. The maximum Gasteiger partial charge on any atom is 0.316 e. The van der Waals surface area contributed by atoms with Crippen LogP contribution >= 0.6 is 11.6 Å². The van der Waals surface area contributed by atoms with Gasteiger partial charge in [0.15, 0.2) is 11.6 Å². The number of carbonyl (C=O) groups is 1. The summed E-state index contributed by atoms with van der Waals surface area (Å²) in [6, 6.07) is 15.6. The molecule has 3 rings (SSSR count). The van der Waals surface area contributed by atoms with Crippen molar-refractivity contribution in [1.82, 2.24) is 9.97 Å². The minimum absolute atomic E-state index is 0.127. The zero-order valence-corrected chi connectivity index (χ0v) is 28.4. The molecule has 0 radical (unpaired) electrons. The van der Waals surface area contributed by atoms with Crippen LogP contribution in [0.2, 0.25) is 0 Å². The van der Waals surface area contributed by atoms with Crippen LogP contribution in [0.25, 0.3) is 22.5 Å². The second kappa shape index (κ2) is 21.7. The molecule has 1 heterocycles. The number of aromatic nitrogens is 2. The number of rotatable bonds is 23.